The van der Waals surface area contributed by atoms with Gasteiger partial charge in [0.1, 0.15) is 40.9 Å². The molecule has 6 rings (SSSR count). The van der Waals surface area contributed by atoms with Gasteiger partial charge in [0, 0.05) is 60.9 Å². The molecule has 62 heavy (non-hydrogen) atoms. The number of allylic oxidation sites excluding steroid dienone is 1. The van der Waals surface area contributed by atoms with E-state index in [1.807, 2.05) is 58.2 Å². The minimum absolute atomic E-state index is 0.00174. The number of carboxylic acid groups (broad SMARTS) is 1. The number of pyridine rings is 1. The quantitative estimate of drug-likeness (QED) is 0.152. The number of carboxylic acids is 1. The molecular weight excluding hydrogens is 837 g/mol. The first-order valence-corrected chi connectivity index (χ1v) is 23.8. The molecule has 19 heteroatoms. The van der Waals surface area contributed by atoms with Gasteiger partial charge < -0.3 is 40.7 Å². The lowest BCUT2D eigenvalue weighted by Crippen LogP contribution is -2.59. The van der Waals surface area contributed by atoms with Gasteiger partial charge in [-0.2, -0.15) is 0 Å². The van der Waals surface area contributed by atoms with Gasteiger partial charge in [0.2, 0.25) is 21.8 Å². The summed E-state index contributed by atoms with van der Waals surface area (Å²) in [5, 5.41) is 25.5. The number of urea groups is 1. The van der Waals surface area contributed by atoms with E-state index in [2.05, 4.69) is 21.3 Å². The third-order valence-corrected chi connectivity index (χ3v) is 13.8. The maximum absolute atomic E-state index is 14.8. The SMILES string of the molecule is COc1ccc2c(O[C@@H]3C[C@H]4C(=O)N[C@]5(C(=O)O)CC5/C=C\CCCCC[C@H](NC(=O)NC(CN(C)S(C)(=O)=O)C(C)(C)C)C(=O)N4C3)cc(-c3csc(NC(C)C)n3)nc2c1. The van der Waals surface area contributed by atoms with Crippen molar-refractivity contribution >= 4 is 61.2 Å². The molecule has 2 aliphatic heterocycles. The first-order valence-electron chi connectivity index (χ1n) is 21.1. The van der Waals surface area contributed by atoms with Crippen molar-refractivity contribution in [1.82, 2.24) is 35.1 Å². The molecule has 5 N–H and O–H groups in total. The van der Waals surface area contributed by atoms with Gasteiger partial charge in [0.05, 0.1) is 31.1 Å². The number of nitrogens with one attached hydrogen (secondary N) is 4. The number of anilines is 1. The maximum Gasteiger partial charge on any atom is 0.330 e. The number of hydrogen-bond donors (Lipinski definition) is 5. The number of nitrogens with zero attached hydrogens (tertiary/aromatic N) is 4. The number of amides is 4. The Balaban J connectivity index is 1.33. The molecule has 0 radical (unpaired) electrons. The molecule has 4 amide bonds. The van der Waals surface area contributed by atoms with Gasteiger partial charge in [-0.15, -0.1) is 11.3 Å². The number of sulfonamides is 1. The summed E-state index contributed by atoms with van der Waals surface area (Å²) in [6.07, 6.45) is 7.46. The lowest BCUT2D eigenvalue weighted by Gasteiger charge is -2.35. The molecule has 2 unspecified atom stereocenters. The molecule has 1 saturated carbocycles. The highest BCUT2D eigenvalue weighted by Gasteiger charge is 2.61. The molecule has 1 saturated heterocycles. The molecule has 2 fully saturated rings. The number of rotatable bonds is 12. The number of thiazole rings is 1. The van der Waals surface area contributed by atoms with Gasteiger partial charge >= 0.3 is 12.0 Å². The molecule has 1 aromatic carbocycles. The van der Waals surface area contributed by atoms with E-state index in [4.69, 9.17) is 19.4 Å². The minimum atomic E-state index is -3.55. The predicted molar refractivity (Wildman–Crippen MR) is 238 cm³/mol. The van der Waals surface area contributed by atoms with E-state index in [1.165, 1.54) is 27.6 Å². The molecule has 17 nitrogen and oxygen atoms in total. The number of carbonyl (C=O) groups excluding carboxylic acids is 3. The zero-order valence-corrected chi connectivity index (χ0v) is 38.3. The van der Waals surface area contributed by atoms with Crippen molar-refractivity contribution in [2.75, 3.05) is 38.8 Å². The van der Waals surface area contributed by atoms with Crippen LogP contribution in [0.5, 0.6) is 11.5 Å². The number of carbonyl (C=O) groups is 4. The summed E-state index contributed by atoms with van der Waals surface area (Å²) in [7, 11) is -0.551. The molecule has 6 atom stereocenters. The van der Waals surface area contributed by atoms with Crippen molar-refractivity contribution in [3.8, 4) is 22.9 Å². The van der Waals surface area contributed by atoms with E-state index in [-0.39, 0.29) is 38.4 Å². The van der Waals surface area contributed by atoms with Gasteiger partial charge in [-0.3, -0.25) is 9.59 Å². The number of methoxy groups -OCH3 is 1. The summed E-state index contributed by atoms with van der Waals surface area (Å²) < 4.78 is 38.0. The first kappa shape index (κ1) is 46.5. The second-order valence-corrected chi connectivity index (χ2v) is 20.9. The third-order valence-electron chi connectivity index (χ3n) is 11.7. The molecule has 3 aliphatic rings. The van der Waals surface area contributed by atoms with Crippen LogP contribution >= 0.6 is 11.3 Å². The Morgan fingerprint density at radius 2 is 1.89 bits per heavy atom. The normalized spacial score (nSPS) is 24.6. The van der Waals surface area contributed by atoms with E-state index in [0.717, 1.165) is 24.2 Å². The molecule has 3 aromatic rings. The van der Waals surface area contributed by atoms with E-state index in [1.54, 1.807) is 25.3 Å². The summed E-state index contributed by atoms with van der Waals surface area (Å²) in [6, 6.07) is 3.86. The van der Waals surface area contributed by atoms with Crippen LogP contribution in [0, 0.1) is 11.3 Å². The van der Waals surface area contributed by atoms with Gasteiger partial charge in [0.25, 0.3) is 0 Å². The number of aromatic nitrogens is 2. The zero-order valence-electron chi connectivity index (χ0n) is 36.7. The summed E-state index contributed by atoms with van der Waals surface area (Å²) in [5.41, 5.74) is -0.330. The van der Waals surface area contributed by atoms with Crippen LogP contribution in [0.3, 0.4) is 0 Å². The highest BCUT2D eigenvalue weighted by Crippen LogP contribution is 2.45. The van der Waals surface area contributed by atoms with E-state index >= 15 is 0 Å². The van der Waals surface area contributed by atoms with E-state index in [9.17, 15) is 32.7 Å². The largest absolute Gasteiger partial charge is 0.497 e. The van der Waals surface area contributed by atoms with Crippen molar-refractivity contribution in [2.24, 2.45) is 11.3 Å². The van der Waals surface area contributed by atoms with Crippen LogP contribution in [-0.2, 0) is 24.4 Å². The Morgan fingerprint density at radius 1 is 1.13 bits per heavy atom. The van der Waals surface area contributed by atoms with Gasteiger partial charge in [-0.05, 0) is 57.1 Å². The zero-order chi connectivity index (χ0) is 45.1. The topological polar surface area (TPSA) is 221 Å². The number of benzene rings is 1. The lowest BCUT2D eigenvalue weighted by atomic mass is 9.87. The van der Waals surface area contributed by atoms with Crippen LogP contribution < -0.4 is 30.7 Å². The Morgan fingerprint density at radius 3 is 2.56 bits per heavy atom. The Hall–Kier alpha value is -5.01. The number of hydrogen-bond acceptors (Lipinski definition) is 12. The van der Waals surface area contributed by atoms with Crippen LogP contribution in [0.1, 0.15) is 79.6 Å². The van der Waals surface area contributed by atoms with Gasteiger partial charge in [0.15, 0.2) is 5.13 Å². The fraction of sp³-hybridized carbons (Fsp3) is 0.581. The smallest absolute Gasteiger partial charge is 0.330 e. The van der Waals surface area contributed by atoms with Crippen LogP contribution in [0.15, 0.2) is 41.8 Å². The number of aliphatic carboxylic acids is 1. The third kappa shape index (κ3) is 10.9. The monoisotopic (exact) mass is 896 g/mol. The molecule has 2 aromatic heterocycles. The lowest BCUT2D eigenvalue weighted by molar-refractivity contribution is -0.145. The Labute approximate surface area is 367 Å². The number of ether oxygens (including phenoxy) is 2. The predicted octanol–water partition coefficient (Wildman–Crippen LogP) is 4.99. The van der Waals surface area contributed by atoms with Crippen LogP contribution in [0.4, 0.5) is 9.93 Å². The molecule has 0 spiro atoms. The molecule has 0 bridgehead atoms. The van der Waals surface area contributed by atoms with Crippen molar-refractivity contribution in [1.29, 1.82) is 0 Å². The van der Waals surface area contributed by atoms with Crippen molar-refractivity contribution in [2.45, 2.75) is 115 Å². The fourth-order valence-corrected chi connectivity index (χ4v) is 9.12. The number of fused-ring (bicyclic) bond motifs is 3. The van der Waals surface area contributed by atoms with Crippen LogP contribution in [-0.4, -0.2) is 126 Å². The van der Waals surface area contributed by atoms with Crippen molar-refractivity contribution in [3.05, 3.63) is 41.8 Å². The average molecular weight is 897 g/mol. The van der Waals surface area contributed by atoms with E-state index in [0.29, 0.717) is 46.6 Å². The highest BCUT2D eigenvalue weighted by molar-refractivity contribution is 7.88. The van der Waals surface area contributed by atoms with E-state index < -0.39 is 74.9 Å². The second-order valence-electron chi connectivity index (χ2n) is 18.0. The molecule has 338 valence electrons. The Bertz CT molecular complexity index is 2290. The Kier molecular flexibility index (Phi) is 14.1. The second kappa shape index (κ2) is 18.8. The first-order chi connectivity index (χ1) is 29.2. The molecule has 4 heterocycles. The summed E-state index contributed by atoms with van der Waals surface area (Å²) in [5.74, 6) is -1.68. The summed E-state index contributed by atoms with van der Waals surface area (Å²) >= 11 is 1.45. The minimum Gasteiger partial charge on any atom is -0.497 e. The van der Waals surface area contributed by atoms with Crippen LogP contribution in [0.25, 0.3) is 22.3 Å². The standard InChI is InChI=1S/C43H60N8O9S2/c1-25(2)44-41-47-33(24-61-41)32-20-35(29-17-16-27(59-7)18-31(29)45-32)60-28-19-34-37(52)49-43(39(54)55)21-26(43)14-12-10-9-11-13-15-30(38(53)51(34)22-28)46-40(56)48-36(42(3,4)5)23-50(6)62(8,57)58/h12,14,16-18,20,24-26,28,30,34,36H,9-11,13,15,19,21-23H2,1-8H3,(H,44,47)(H,49,52)(H,54,55)(H2,46,48,56)/b14-12-/t26?,28-,30+,34+,36?,43-/m1/s1. The number of likely N-dealkylation sites (N-methyl/N-ethyl adjacent to an activating group) is 1. The van der Waals surface area contributed by atoms with Gasteiger partial charge in [-0.1, -0.05) is 45.8 Å². The molecule has 1 aliphatic carbocycles. The van der Waals surface area contributed by atoms with Crippen molar-refractivity contribution < 1.29 is 42.2 Å². The fourth-order valence-electron chi connectivity index (χ4n) is 7.85. The van der Waals surface area contributed by atoms with Gasteiger partial charge in [-0.25, -0.2) is 32.3 Å². The summed E-state index contributed by atoms with van der Waals surface area (Å²) in [4.78, 5) is 66.7. The summed E-state index contributed by atoms with van der Waals surface area (Å²) in [6.45, 7) is 9.64. The highest BCUT2D eigenvalue weighted by atomic mass is 32.2. The van der Waals surface area contributed by atoms with Crippen LogP contribution in [0.2, 0.25) is 0 Å². The maximum atomic E-state index is 14.8. The average Bonchev–Trinajstić information content (AvgIpc) is 3.46. The van der Waals surface area contributed by atoms with Crippen molar-refractivity contribution in [3.63, 3.8) is 0 Å². The molecular formula is C43H60N8O9S2.